The second-order valence-corrected chi connectivity index (χ2v) is 12.3. The van der Waals surface area contributed by atoms with Crippen molar-refractivity contribution in [3.8, 4) is 5.75 Å². The quantitative estimate of drug-likeness (QED) is 0.0397. The Kier molecular flexibility index (Phi) is 16.9. The van der Waals surface area contributed by atoms with Gasteiger partial charge in [0.15, 0.2) is 11.6 Å². The van der Waals surface area contributed by atoms with Crippen LogP contribution in [-0.4, -0.2) is 67.8 Å². The first-order valence-corrected chi connectivity index (χ1v) is 17.9. The second kappa shape index (κ2) is 22.3. The van der Waals surface area contributed by atoms with Crippen LogP contribution in [0.3, 0.4) is 0 Å². The minimum atomic E-state index is -0.597. The van der Waals surface area contributed by atoms with E-state index in [1.54, 1.807) is 50.4 Å². The molecule has 1 unspecified atom stereocenters. The highest BCUT2D eigenvalue weighted by molar-refractivity contribution is 5.94. The number of ether oxygens (including phenoxy) is 3. The van der Waals surface area contributed by atoms with E-state index < -0.39 is 5.82 Å². The molecule has 288 valence electrons. The highest BCUT2D eigenvalue weighted by atomic mass is 19.1. The van der Waals surface area contributed by atoms with Gasteiger partial charge in [0.1, 0.15) is 12.4 Å². The summed E-state index contributed by atoms with van der Waals surface area (Å²) in [5.74, 6) is -0.00950. The molecule has 1 atom stereocenters. The SMILES string of the molecule is CCC(=O)OCCCCC(=O)Nc1ccccc1N.COCCOc1ccc(Nc2ncc(F)c(Nc3cccc(NC(=O)C4CCCNC4)c3)n2)cc1. The lowest BCUT2D eigenvalue weighted by molar-refractivity contribution is -0.143. The van der Waals surface area contributed by atoms with Crippen LogP contribution in [-0.2, 0) is 23.9 Å². The third kappa shape index (κ3) is 14.3. The molecule has 0 aliphatic carbocycles. The molecule has 1 aliphatic rings. The molecule has 5 rings (SSSR count). The number of para-hydroxylation sites is 2. The Labute approximate surface area is 314 Å². The first-order chi connectivity index (χ1) is 26.2. The summed E-state index contributed by atoms with van der Waals surface area (Å²) < 4.78 is 29.9. The highest BCUT2D eigenvalue weighted by Crippen LogP contribution is 2.24. The molecule has 54 heavy (non-hydrogen) atoms. The normalized spacial score (nSPS) is 13.4. The fourth-order valence-corrected chi connectivity index (χ4v) is 5.15. The number of rotatable bonds is 17. The van der Waals surface area contributed by atoms with Crippen molar-refractivity contribution in [3.63, 3.8) is 0 Å². The molecular formula is C39H49FN8O6. The predicted molar refractivity (Wildman–Crippen MR) is 208 cm³/mol. The number of hydrogen-bond acceptors (Lipinski definition) is 12. The van der Waals surface area contributed by atoms with Crippen LogP contribution in [0.25, 0.3) is 0 Å². The van der Waals surface area contributed by atoms with E-state index in [0.717, 1.165) is 31.3 Å². The van der Waals surface area contributed by atoms with Crippen LogP contribution in [0.2, 0.25) is 0 Å². The average molecular weight is 745 g/mol. The Balaban J connectivity index is 0.000000290. The van der Waals surface area contributed by atoms with E-state index in [0.29, 0.717) is 80.5 Å². The molecule has 4 aromatic rings. The van der Waals surface area contributed by atoms with Gasteiger partial charge in [-0.2, -0.15) is 4.98 Å². The number of hydrogen-bond donors (Lipinski definition) is 6. The summed E-state index contributed by atoms with van der Waals surface area (Å²) in [6, 6.07) is 21.5. The van der Waals surface area contributed by atoms with Crippen molar-refractivity contribution in [1.29, 1.82) is 0 Å². The molecule has 3 aromatic carbocycles. The smallest absolute Gasteiger partial charge is 0.305 e. The van der Waals surface area contributed by atoms with E-state index in [4.69, 9.17) is 19.9 Å². The third-order valence-electron chi connectivity index (χ3n) is 8.06. The van der Waals surface area contributed by atoms with Gasteiger partial charge in [-0.1, -0.05) is 25.1 Å². The highest BCUT2D eigenvalue weighted by Gasteiger charge is 2.21. The number of amides is 2. The van der Waals surface area contributed by atoms with Crippen LogP contribution in [0.1, 0.15) is 45.4 Å². The summed E-state index contributed by atoms with van der Waals surface area (Å²) in [5, 5.41) is 15.0. The van der Waals surface area contributed by atoms with Gasteiger partial charge < -0.3 is 46.5 Å². The number of carbonyl (C=O) groups is 3. The lowest BCUT2D eigenvalue weighted by atomic mass is 9.99. The number of methoxy groups -OCH3 is 1. The predicted octanol–water partition coefficient (Wildman–Crippen LogP) is 6.40. The van der Waals surface area contributed by atoms with Gasteiger partial charge in [0.2, 0.25) is 17.8 Å². The molecule has 1 fully saturated rings. The second-order valence-electron chi connectivity index (χ2n) is 12.3. The zero-order valence-electron chi connectivity index (χ0n) is 30.7. The Morgan fingerprint density at radius 3 is 2.46 bits per heavy atom. The number of nitrogens with one attached hydrogen (secondary N) is 5. The van der Waals surface area contributed by atoms with E-state index in [9.17, 15) is 18.8 Å². The molecule has 14 nitrogen and oxygen atoms in total. The summed E-state index contributed by atoms with van der Waals surface area (Å²) in [5.41, 5.74) is 8.84. The molecule has 0 radical (unpaired) electrons. The number of nitrogen functional groups attached to an aromatic ring is 1. The summed E-state index contributed by atoms with van der Waals surface area (Å²) in [6.45, 7) is 4.70. The average Bonchev–Trinajstić information content (AvgIpc) is 3.18. The lowest BCUT2D eigenvalue weighted by Crippen LogP contribution is -2.37. The number of piperidine rings is 1. The topological polar surface area (TPSA) is 191 Å². The van der Waals surface area contributed by atoms with Crippen LogP contribution < -0.4 is 37.1 Å². The largest absolute Gasteiger partial charge is 0.491 e. The van der Waals surface area contributed by atoms with Crippen molar-refractivity contribution in [2.75, 3.05) is 67.0 Å². The minimum absolute atomic E-state index is 0.0157. The number of aromatic nitrogens is 2. The maximum absolute atomic E-state index is 14.4. The van der Waals surface area contributed by atoms with Crippen LogP contribution in [0, 0.1) is 11.7 Å². The number of nitrogens with two attached hydrogens (primary N) is 1. The molecular weight excluding hydrogens is 695 g/mol. The van der Waals surface area contributed by atoms with Crippen molar-refractivity contribution in [2.45, 2.75) is 45.4 Å². The molecule has 2 heterocycles. The fourth-order valence-electron chi connectivity index (χ4n) is 5.15. The van der Waals surface area contributed by atoms with Crippen LogP contribution in [0.15, 0.2) is 79.0 Å². The number of esters is 1. The molecule has 2 amide bonds. The molecule has 1 saturated heterocycles. The van der Waals surface area contributed by atoms with Crippen molar-refractivity contribution in [2.24, 2.45) is 5.92 Å². The Morgan fingerprint density at radius 2 is 1.72 bits per heavy atom. The van der Waals surface area contributed by atoms with E-state index in [1.807, 2.05) is 36.4 Å². The number of anilines is 7. The van der Waals surface area contributed by atoms with Crippen LogP contribution in [0.5, 0.6) is 5.75 Å². The summed E-state index contributed by atoms with van der Waals surface area (Å²) in [4.78, 5) is 43.3. The van der Waals surface area contributed by atoms with E-state index in [-0.39, 0.29) is 35.5 Å². The number of unbranched alkanes of at least 4 members (excludes halogenated alkanes) is 1. The van der Waals surface area contributed by atoms with Gasteiger partial charge in [0, 0.05) is 43.6 Å². The van der Waals surface area contributed by atoms with Crippen molar-refractivity contribution in [3.05, 3.63) is 84.8 Å². The van der Waals surface area contributed by atoms with Gasteiger partial charge in [-0.3, -0.25) is 14.4 Å². The first kappa shape index (κ1) is 41.0. The minimum Gasteiger partial charge on any atom is -0.491 e. The molecule has 7 N–H and O–H groups in total. The maximum Gasteiger partial charge on any atom is 0.305 e. The molecule has 1 aromatic heterocycles. The Bertz CT molecular complexity index is 1790. The Hall–Kier alpha value is -5.80. The maximum atomic E-state index is 14.4. The number of halogens is 1. The first-order valence-electron chi connectivity index (χ1n) is 17.9. The van der Waals surface area contributed by atoms with Crippen molar-refractivity contribution in [1.82, 2.24) is 15.3 Å². The van der Waals surface area contributed by atoms with Crippen LogP contribution in [0.4, 0.5) is 44.6 Å². The van der Waals surface area contributed by atoms with E-state index in [1.165, 1.54) is 0 Å². The van der Waals surface area contributed by atoms with Gasteiger partial charge in [0.05, 0.1) is 36.7 Å². The van der Waals surface area contributed by atoms with Gasteiger partial charge >= 0.3 is 5.97 Å². The molecule has 0 saturated carbocycles. The molecule has 15 heteroatoms. The van der Waals surface area contributed by atoms with E-state index >= 15 is 0 Å². The lowest BCUT2D eigenvalue weighted by Gasteiger charge is -2.22. The Morgan fingerprint density at radius 1 is 0.926 bits per heavy atom. The van der Waals surface area contributed by atoms with Gasteiger partial charge in [0.25, 0.3) is 0 Å². The van der Waals surface area contributed by atoms with Crippen molar-refractivity contribution >= 4 is 58.0 Å². The third-order valence-corrected chi connectivity index (χ3v) is 8.06. The molecule has 0 spiro atoms. The fraction of sp³-hybridized carbons (Fsp3) is 0.359. The number of benzene rings is 3. The summed E-state index contributed by atoms with van der Waals surface area (Å²) in [6.07, 6.45) is 5.07. The van der Waals surface area contributed by atoms with Crippen molar-refractivity contribution < 1.29 is 33.0 Å². The summed E-state index contributed by atoms with van der Waals surface area (Å²) >= 11 is 0. The van der Waals surface area contributed by atoms with Crippen LogP contribution >= 0.6 is 0 Å². The number of carbonyl (C=O) groups excluding carboxylic acids is 3. The van der Waals surface area contributed by atoms with Gasteiger partial charge in [-0.25, -0.2) is 9.37 Å². The number of nitrogens with zero attached hydrogens (tertiary/aromatic N) is 2. The zero-order chi connectivity index (χ0) is 38.5. The summed E-state index contributed by atoms with van der Waals surface area (Å²) in [7, 11) is 1.62. The van der Waals surface area contributed by atoms with E-state index in [2.05, 4.69) is 36.6 Å². The standard InChI is InChI=1S/C25H29FN6O3.C14H20N2O3/c1-34-12-13-35-21-9-7-18(8-10-21)31-25-28-16-22(26)23(32-25)29-19-5-2-6-20(14-19)30-24(33)17-4-3-11-27-15-17;1-2-14(18)19-10-6-5-9-13(17)16-12-8-4-3-7-11(12)15/h2,5-10,14,16-17,27H,3-4,11-13,15H2,1H3,(H,30,33)(H2,28,29,31,32);3-4,7-8H,2,5-6,9-10,15H2,1H3,(H,16,17). The molecule has 1 aliphatic heterocycles. The monoisotopic (exact) mass is 744 g/mol. The molecule has 0 bridgehead atoms. The zero-order valence-corrected chi connectivity index (χ0v) is 30.7. The van der Waals surface area contributed by atoms with Gasteiger partial charge in [-0.05, 0) is 86.8 Å². The van der Waals surface area contributed by atoms with Gasteiger partial charge in [-0.15, -0.1) is 0 Å².